The zero-order chi connectivity index (χ0) is 53.2. The van der Waals surface area contributed by atoms with Crippen molar-refractivity contribution in [2.24, 2.45) is 0 Å². The Hall–Kier alpha value is -6.94. The van der Waals surface area contributed by atoms with E-state index in [-0.39, 0.29) is 11.9 Å². The number of anilines is 6. The maximum absolute atomic E-state index is 13.7. The van der Waals surface area contributed by atoms with E-state index >= 15 is 0 Å². The molecule has 8 rings (SSSR count). The van der Waals surface area contributed by atoms with Gasteiger partial charge in [-0.2, -0.15) is 0 Å². The number of rotatable bonds is 22. The van der Waals surface area contributed by atoms with Crippen molar-refractivity contribution in [3.8, 4) is 0 Å². The first-order valence-electron chi connectivity index (χ1n) is 27.4. The summed E-state index contributed by atoms with van der Waals surface area (Å²) >= 11 is 0. The van der Waals surface area contributed by atoms with Crippen LogP contribution in [-0.4, -0.2) is 51.2 Å². The number of carbonyl (C=O) groups excluding carboxylic acids is 2. The molecule has 392 valence electrons. The molecule has 0 bridgehead atoms. The Balaban J connectivity index is 0.000000216. The van der Waals surface area contributed by atoms with Crippen LogP contribution in [0, 0.1) is 41.5 Å². The number of carbonyl (C=O) groups is 2. The Labute approximate surface area is 442 Å². The van der Waals surface area contributed by atoms with E-state index in [9.17, 15) is 9.59 Å². The van der Waals surface area contributed by atoms with Crippen molar-refractivity contribution < 1.29 is 19.1 Å². The highest BCUT2D eigenvalue weighted by molar-refractivity contribution is 6.01. The molecular formula is C64H82N6O4. The fourth-order valence-electron chi connectivity index (χ4n) is 10.5. The molecule has 0 radical (unpaired) electrons. The average Bonchev–Trinajstić information content (AvgIpc) is 3.86. The lowest BCUT2D eigenvalue weighted by Gasteiger charge is -2.35. The van der Waals surface area contributed by atoms with Crippen LogP contribution in [0.4, 0.5) is 34.1 Å². The van der Waals surface area contributed by atoms with Gasteiger partial charge < -0.3 is 41.4 Å². The number of benzene rings is 6. The molecule has 0 saturated carbocycles. The smallest absolute Gasteiger partial charge is 0.340 e. The second-order valence-corrected chi connectivity index (χ2v) is 20.4. The van der Waals surface area contributed by atoms with Crippen LogP contribution in [0.3, 0.4) is 0 Å². The van der Waals surface area contributed by atoms with Crippen molar-refractivity contribution >= 4 is 46.1 Å². The van der Waals surface area contributed by atoms with Crippen LogP contribution >= 0.6 is 0 Å². The van der Waals surface area contributed by atoms with Gasteiger partial charge >= 0.3 is 11.9 Å². The Morgan fingerprint density at radius 1 is 0.324 bits per heavy atom. The van der Waals surface area contributed by atoms with E-state index in [2.05, 4.69) is 186 Å². The fraction of sp³-hybridized carbons (Fsp3) is 0.406. The van der Waals surface area contributed by atoms with Gasteiger partial charge in [0.15, 0.2) is 11.2 Å². The Bertz CT molecular complexity index is 2650. The zero-order valence-electron chi connectivity index (χ0n) is 46.4. The second-order valence-electron chi connectivity index (χ2n) is 20.4. The summed E-state index contributed by atoms with van der Waals surface area (Å²) in [6.45, 7) is 30.3. The summed E-state index contributed by atoms with van der Waals surface area (Å²) in [6.07, 6.45) is 5.93. The SMILES string of the molecule is CCCNc1cc(C)ccc1C1(c2ccc(C)cc2NCCC)OC(=O)c2cc(C)cc(NCCC)c21.CCCNc1cc(C)ccc1C1(c2ccc(C)cc2NCCC)OC(=O)c2cc(C)cc(NCCC)c21. The molecule has 0 amide bonds. The van der Waals surface area contributed by atoms with Gasteiger partial charge in [-0.05, 0) is 162 Å². The van der Waals surface area contributed by atoms with Crippen LogP contribution in [0.1, 0.15) is 168 Å². The van der Waals surface area contributed by atoms with E-state index in [4.69, 9.17) is 9.47 Å². The van der Waals surface area contributed by atoms with Crippen molar-refractivity contribution in [2.45, 2.75) is 133 Å². The van der Waals surface area contributed by atoms with Crippen LogP contribution in [0.25, 0.3) is 0 Å². The van der Waals surface area contributed by atoms with Gasteiger partial charge in [0.25, 0.3) is 0 Å². The summed E-state index contributed by atoms with van der Waals surface area (Å²) in [4.78, 5) is 27.4. The van der Waals surface area contributed by atoms with Crippen molar-refractivity contribution in [1.82, 2.24) is 0 Å². The molecule has 6 aromatic rings. The Morgan fingerprint density at radius 3 is 0.797 bits per heavy atom. The number of nitrogens with one attached hydrogen (secondary N) is 6. The minimum atomic E-state index is -1.11. The van der Waals surface area contributed by atoms with E-state index in [1.165, 1.54) is 0 Å². The molecular weight excluding hydrogens is 917 g/mol. The predicted octanol–water partition coefficient (Wildman–Crippen LogP) is 15.1. The van der Waals surface area contributed by atoms with Crippen LogP contribution in [0.15, 0.2) is 97.1 Å². The molecule has 0 aliphatic carbocycles. The molecule has 6 aromatic carbocycles. The van der Waals surface area contributed by atoms with Crippen LogP contribution in [0.2, 0.25) is 0 Å². The maximum Gasteiger partial charge on any atom is 0.340 e. The number of hydrogen-bond donors (Lipinski definition) is 6. The third-order valence-electron chi connectivity index (χ3n) is 13.8. The summed E-state index contributed by atoms with van der Waals surface area (Å²) in [6, 6.07) is 33.8. The molecule has 6 N–H and O–H groups in total. The summed E-state index contributed by atoms with van der Waals surface area (Å²) in [7, 11) is 0. The molecule has 0 fully saturated rings. The standard InChI is InChI=1S/2C32H41N3O2/c2*1-7-14-33-27-18-21(4)10-12-25(27)32(26-13-11-22(5)19-28(26)34-15-8-2)30-24(31(36)37-32)17-23(6)20-29(30)35-16-9-3/h2*10-13,17-20,33-35H,7-9,14-16H2,1-6H3. The topological polar surface area (TPSA) is 125 Å². The molecule has 0 spiro atoms. The minimum Gasteiger partial charge on any atom is -0.440 e. The van der Waals surface area contributed by atoms with E-state index < -0.39 is 11.2 Å². The second kappa shape index (κ2) is 24.4. The Kier molecular flexibility index (Phi) is 18.1. The third kappa shape index (κ3) is 11.1. The highest BCUT2D eigenvalue weighted by Crippen LogP contribution is 2.56. The lowest BCUT2D eigenvalue weighted by molar-refractivity contribution is 0.0247. The fourth-order valence-corrected chi connectivity index (χ4v) is 10.5. The number of aryl methyl sites for hydroxylation is 6. The normalized spacial score (nSPS) is 13.7. The average molecular weight is 999 g/mol. The van der Waals surface area contributed by atoms with Crippen molar-refractivity contribution in [3.63, 3.8) is 0 Å². The van der Waals surface area contributed by atoms with E-state index in [0.29, 0.717) is 11.1 Å². The van der Waals surface area contributed by atoms with Gasteiger partial charge in [0.05, 0.1) is 11.1 Å². The summed E-state index contributed by atoms with van der Waals surface area (Å²) in [5.74, 6) is -0.579. The van der Waals surface area contributed by atoms with Crippen molar-refractivity contribution in [3.05, 3.63) is 175 Å². The monoisotopic (exact) mass is 999 g/mol. The number of hydrogen-bond acceptors (Lipinski definition) is 10. The highest BCUT2D eigenvalue weighted by atomic mass is 16.6. The Morgan fingerprint density at radius 2 is 0.554 bits per heavy atom. The van der Waals surface area contributed by atoms with Gasteiger partial charge in [0.1, 0.15) is 0 Å². The summed E-state index contributed by atoms with van der Waals surface area (Å²) in [5, 5.41) is 21.8. The van der Waals surface area contributed by atoms with Crippen molar-refractivity contribution in [1.29, 1.82) is 0 Å². The van der Waals surface area contributed by atoms with Gasteiger partial charge in [-0.1, -0.05) is 90.1 Å². The number of ether oxygens (including phenoxy) is 2. The number of fused-ring (bicyclic) bond motifs is 2. The van der Waals surface area contributed by atoms with Crippen molar-refractivity contribution in [2.75, 3.05) is 71.2 Å². The largest absolute Gasteiger partial charge is 0.440 e. The quantitative estimate of drug-likeness (QED) is 0.0366. The van der Waals surface area contributed by atoms with E-state index in [1.807, 2.05) is 26.0 Å². The van der Waals surface area contributed by atoms with Gasteiger partial charge in [-0.3, -0.25) is 0 Å². The lowest BCUT2D eigenvalue weighted by Crippen LogP contribution is -2.33. The molecule has 10 nitrogen and oxygen atoms in total. The van der Waals surface area contributed by atoms with E-state index in [1.54, 1.807) is 0 Å². The molecule has 2 aliphatic heterocycles. The number of esters is 2. The molecule has 0 unspecified atom stereocenters. The molecule has 2 heterocycles. The highest BCUT2D eigenvalue weighted by Gasteiger charge is 2.54. The van der Waals surface area contributed by atoms with Crippen LogP contribution in [-0.2, 0) is 20.7 Å². The first kappa shape index (κ1) is 54.8. The molecule has 0 aromatic heterocycles. The molecule has 74 heavy (non-hydrogen) atoms. The third-order valence-corrected chi connectivity index (χ3v) is 13.8. The van der Waals surface area contributed by atoms with Gasteiger partial charge in [-0.15, -0.1) is 0 Å². The minimum absolute atomic E-state index is 0.290. The van der Waals surface area contributed by atoms with Gasteiger partial charge in [-0.25, -0.2) is 9.59 Å². The molecule has 0 atom stereocenters. The molecule has 0 saturated heterocycles. The van der Waals surface area contributed by atoms with Gasteiger partial charge in [0, 0.05) is 107 Å². The first-order valence-corrected chi connectivity index (χ1v) is 27.4. The summed E-state index contributed by atoms with van der Waals surface area (Å²) in [5.41, 5.74) is 17.2. The van der Waals surface area contributed by atoms with Crippen LogP contribution in [0.5, 0.6) is 0 Å². The van der Waals surface area contributed by atoms with Crippen LogP contribution < -0.4 is 31.9 Å². The first-order chi connectivity index (χ1) is 35.7. The van der Waals surface area contributed by atoms with E-state index in [0.717, 1.165) is 179 Å². The zero-order valence-corrected chi connectivity index (χ0v) is 46.4. The van der Waals surface area contributed by atoms with Gasteiger partial charge in [0.2, 0.25) is 0 Å². The number of cyclic esters (lactones) is 2. The predicted molar refractivity (Wildman–Crippen MR) is 310 cm³/mol. The molecule has 10 heteroatoms. The summed E-state index contributed by atoms with van der Waals surface area (Å²) < 4.78 is 13.3. The lowest BCUT2D eigenvalue weighted by atomic mass is 9.76. The molecule has 2 aliphatic rings. The maximum atomic E-state index is 13.7.